The van der Waals surface area contributed by atoms with Crippen molar-refractivity contribution in [3.63, 3.8) is 0 Å². The molecule has 0 amide bonds. The van der Waals surface area contributed by atoms with Gasteiger partial charge < -0.3 is 11.1 Å². The van der Waals surface area contributed by atoms with Gasteiger partial charge in [-0.2, -0.15) is 0 Å². The highest BCUT2D eigenvalue weighted by molar-refractivity contribution is 6.10. The number of rotatable bonds is 3. The van der Waals surface area contributed by atoms with Gasteiger partial charge in [0, 0.05) is 22.7 Å². The van der Waals surface area contributed by atoms with Gasteiger partial charge in [-0.25, -0.2) is 0 Å². The van der Waals surface area contributed by atoms with Gasteiger partial charge in [0.25, 0.3) is 0 Å². The van der Waals surface area contributed by atoms with E-state index in [-0.39, 0.29) is 5.84 Å². The summed E-state index contributed by atoms with van der Waals surface area (Å²) in [5.41, 5.74) is 7.46. The zero-order chi connectivity index (χ0) is 12.4. The molecule has 2 aromatic rings. The number of hydrogen-bond acceptors (Lipinski definition) is 2. The number of nitrogens with one attached hydrogen (secondary N) is 2. The van der Waals surface area contributed by atoms with E-state index in [1.54, 1.807) is 0 Å². The lowest BCUT2D eigenvalue weighted by Gasteiger charge is -2.14. The van der Waals surface area contributed by atoms with Crippen LogP contribution in [0.15, 0.2) is 36.4 Å². The highest BCUT2D eigenvalue weighted by Gasteiger charge is 2.07. The highest BCUT2D eigenvalue weighted by atomic mass is 14.9. The minimum absolute atomic E-state index is 0.109. The molecule has 0 heterocycles. The van der Waals surface area contributed by atoms with E-state index in [9.17, 15) is 0 Å². The van der Waals surface area contributed by atoms with Crippen molar-refractivity contribution in [3.8, 4) is 0 Å². The van der Waals surface area contributed by atoms with Crippen molar-refractivity contribution < 1.29 is 0 Å². The summed E-state index contributed by atoms with van der Waals surface area (Å²) < 4.78 is 0. The van der Waals surface area contributed by atoms with Gasteiger partial charge in [-0.1, -0.05) is 24.3 Å². The lowest BCUT2D eigenvalue weighted by Crippen LogP contribution is -2.13. The Bertz CT molecular complexity index is 558. The average molecular weight is 227 g/mol. The van der Waals surface area contributed by atoms with Crippen LogP contribution in [0.4, 0.5) is 5.69 Å². The van der Waals surface area contributed by atoms with Gasteiger partial charge in [0.05, 0.1) is 0 Å². The van der Waals surface area contributed by atoms with Gasteiger partial charge in [0.1, 0.15) is 5.84 Å². The molecular weight excluding hydrogens is 210 g/mol. The third-order valence-electron chi connectivity index (χ3n) is 2.66. The minimum Gasteiger partial charge on any atom is -0.384 e. The Balaban J connectivity index is 2.66. The summed E-state index contributed by atoms with van der Waals surface area (Å²) >= 11 is 0. The van der Waals surface area contributed by atoms with E-state index < -0.39 is 0 Å². The second-order valence-electron chi connectivity index (χ2n) is 4.42. The number of benzene rings is 2. The molecule has 0 aliphatic carbocycles. The van der Waals surface area contributed by atoms with E-state index in [0.717, 1.165) is 22.0 Å². The Kier molecular flexibility index (Phi) is 3.00. The van der Waals surface area contributed by atoms with Crippen LogP contribution in [0.3, 0.4) is 0 Å². The number of fused-ring (bicyclic) bond motifs is 1. The minimum atomic E-state index is 0.109. The fourth-order valence-corrected chi connectivity index (χ4v) is 1.97. The molecule has 0 saturated carbocycles. The molecule has 0 saturated heterocycles. The first kappa shape index (κ1) is 11.5. The molecule has 2 aromatic carbocycles. The number of hydrogen-bond donors (Lipinski definition) is 3. The lowest BCUT2D eigenvalue weighted by molar-refractivity contribution is 0.902. The van der Waals surface area contributed by atoms with Crippen LogP contribution < -0.4 is 11.1 Å². The van der Waals surface area contributed by atoms with Crippen molar-refractivity contribution in [2.24, 2.45) is 5.73 Å². The third kappa shape index (κ3) is 2.23. The average Bonchev–Trinajstić information content (AvgIpc) is 2.28. The Labute approximate surface area is 101 Å². The summed E-state index contributed by atoms with van der Waals surface area (Å²) in [4.78, 5) is 0. The quantitative estimate of drug-likeness (QED) is 0.557. The predicted octanol–water partition coefficient (Wildman–Crippen LogP) is 2.94. The molecule has 0 fully saturated rings. The van der Waals surface area contributed by atoms with Crippen LogP contribution in [-0.4, -0.2) is 11.9 Å². The maximum absolute atomic E-state index is 7.59. The van der Waals surface area contributed by atoms with Gasteiger partial charge in [-0.15, -0.1) is 0 Å². The summed E-state index contributed by atoms with van der Waals surface area (Å²) in [7, 11) is 0. The Morgan fingerprint density at radius 1 is 1.12 bits per heavy atom. The van der Waals surface area contributed by atoms with Crippen LogP contribution in [0.5, 0.6) is 0 Å². The van der Waals surface area contributed by atoms with Crippen LogP contribution >= 0.6 is 0 Å². The van der Waals surface area contributed by atoms with E-state index in [0.29, 0.717) is 6.04 Å². The fraction of sp³-hybridized carbons (Fsp3) is 0.214. The molecular formula is C14H17N3. The van der Waals surface area contributed by atoms with Gasteiger partial charge in [0.15, 0.2) is 0 Å². The van der Waals surface area contributed by atoms with Gasteiger partial charge in [-0.05, 0) is 31.4 Å². The normalized spacial score (nSPS) is 10.8. The first-order valence-electron chi connectivity index (χ1n) is 5.72. The van der Waals surface area contributed by atoms with Crippen LogP contribution in [-0.2, 0) is 0 Å². The summed E-state index contributed by atoms with van der Waals surface area (Å²) in [6.45, 7) is 4.21. The second-order valence-corrected chi connectivity index (χ2v) is 4.42. The molecule has 88 valence electrons. The first-order chi connectivity index (χ1) is 8.09. The van der Waals surface area contributed by atoms with Crippen molar-refractivity contribution >= 4 is 22.3 Å². The van der Waals surface area contributed by atoms with Crippen LogP contribution in [0, 0.1) is 5.41 Å². The Morgan fingerprint density at radius 2 is 1.76 bits per heavy atom. The smallest absolute Gasteiger partial charge is 0.123 e. The summed E-state index contributed by atoms with van der Waals surface area (Å²) in [6, 6.07) is 12.3. The molecule has 0 aliphatic heterocycles. The maximum Gasteiger partial charge on any atom is 0.123 e. The molecule has 4 N–H and O–H groups in total. The van der Waals surface area contributed by atoms with E-state index in [1.165, 1.54) is 0 Å². The Morgan fingerprint density at radius 3 is 2.35 bits per heavy atom. The SMILES string of the molecule is CC(C)Nc1ccc(C(=N)N)c2ccccc12. The maximum atomic E-state index is 7.59. The standard InChI is InChI=1S/C14H17N3/c1-9(2)17-13-8-7-12(14(15)16)10-5-3-4-6-11(10)13/h3-9,17H,1-2H3,(H3,15,16). The lowest BCUT2D eigenvalue weighted by atomic mass is 10.0. The van der Waals surface area contributed by atoms with E-state index >= 15 is 0 Å². The largest absolute Gasteiger partial charge is 0.384 e. The van der Waals surface area contributed by atoms with Crippen molar-refractivity contribution in [1.29, 1.82) is 5.41 Å². The summed E-state index contributed by atoms with van der Waals surface area (Å²) in [6.07, 6.45) is 0. The monoisotopic (exact) mass is 227 g/mol. The van der Waals surface area contributed by atoms with Crippen molar-refractivity contribution in [1.82, 2.24) is 0 Å². The third-order valence-corrected chi connectivity index (χ3v) is 2.66. The molecule has 3 nitrogen and oxygen atoms in total. The molecule has 3 heteroatoms. The molecule has 0 radical (unpaired) electrons. The van der Waals surface area contributed by atoms with E-state index in [2.05, 4.69) is 19.2 Å². The highest BCUT2D eigenvalue weighted by Crippen LogP contribution is 2.26. The predicted molar refractivity (Wildman–Crippen MR) is 73.7 cm³/mol. The second kappa shape index (κ2) is 4.45. The number of anilines is 1. The molecule has 0 spiro atoms. The zero-order valence-corrected chi connectivity index (χ0v) is 10.1. The van der Waals surface area contributed by atoms with Crippen LogP contribution in [0.2, 0.25) is 0 Å². The molecule has 0 aliphatic rings. The molecule has 0 bridgehead atoms. The number of nitrogens with two attached hydrogens (primary N) is 1. The molecule has 0 aromatic heterocycles. The fourth-order valence-electron chi connectivity index (χ4n) is 1.97. The van der Waals surface area contributed by atoms with Crippen LogP contribution in [0.1, 0.15) is 19.4 Å². The molecule has 2 rings (SSSR count). The zero-order valence-electron chi connectivity index (χ0n) is 10.1. The molecule has 0 unspecified atom stereocenters. The van der Waals surface area contributed by atoms with E-state index in [4.69, 9.17) is 11.1 Å². The summed E-state index contributed by atoms with van der Waals surface area (Å²) in [5, 5.41) is 13.1. The van der Waals surface area contributed by atoms with Crippen molar-refractivity contribution in [2.75, 3.05) is 5.32 Å². The topological polar surface area (TPSA) is 61.9 Å². The number of amidine groups is 1. The Hall–Kier alpha value is -2.03. The number of nitrogen functional groups attached to an aromatic ring is 1. The molecule has 0 atom stereocenters. The van der Waals surface area contributed by atoms with Crippen LogP contribution in [0.25, 0.3) is 10.8 Å². The van der Waals surface area contributed by atoms with Gasteiger partial charge in [-0.3, -0.25) is 5.41 Å². The van der Waals surface area contributed by atoms with Gasteiger partial charge in [0.2, 0.25) is 0 Å². The van der Waals surface area contributed by atoms with E-state index in [1.807, 2.05) is 36.4 Å². The first-order valence-corrected chi connectivity index (χ1v) is 5.72. The molecule has 17 heavy (non-hydrogen) atoms. The van der Waals surface area contributed by atoms with Crippen molar-refractivity contribution in [2.45, 2.75) is 19.9 Å². The van der Waals surface area contributed by atoms with Crippen molar-refractivity contribution in [3.05, 3.63) is 42.0 Å². The summed E-state index contributed by atoms with van der Waals surface area (Å²) in [5.74, 6) is 0.109. The van der Waals surface area contributed by atoms with Gasteiger partial charge >= 0.3 is 0 Å².